The highest BCUT2D eigenvalue weighted by Crippen LogP contribution is 2.44. The van der Waals surface area contributed by atoms with E-state index in [0.717, 1.165) is 23.7 Å². The van der Waals surface area contributed by atoms with Gasteiger partial charge in [0.15, 0.2) is 0 Å². The number of hydrogen-bond acceptors (Lipinski definition) is 1. The third-order valence-corrected chi connectivity index (χ3v) is 7.35. The molecule has 1 heteroatoms. The summed E-state index contributed by atoms with van der Waals surface area (Å²) in [4.78, 5) is 4.80. The lowest BCUT2D eigenvalue weighted by atomic mass is 9.68. The molecule has 0 radical (unpaired) electrons. The van der Waals surface area contributed by atoms with Crippen molar-refractivity contribution < 1.29 is 0 Å². The van der Waals surface area contributed by atoms with Crippen molar-refractivity contribution in [2.45, 2.75) is 110 Å². The SMILES string of the molecule is CCCCC[C@H]1CC[C@H]([C@H]2CC[C@H](c3ccc(CCC)cn3)CC2)CC1. The van der Waals surface area contributed by atoms with Crippen LogP contribution in [0.5, 0.6) is 0 Å². The maximum absolute atomic E-state index is 4.80. The lowest BCUT2D eigenvalue weighted by molar-refractivity contribution is 0.155. The number of pyridine rings is 1. The van der Waals surface area contributed by atoms with Crippen LogP contribution in [-0.4, -0.2) is 4.98 Å². The fraction of sp³-hybridized carbons (Fsp3) is 0.800. The zero-order valence-electron chi connectivity index (χ0n) is 17.4. The van der Waals surface area contributed by atoms with E-state index in [0.29, 0.717) is 0 Å². The van der Waals surface area contributed by atoms with Gasteiger partial charge in [0.2, 0.25) is 0 Å². The molecule has 1 aromatic rings. The number of rotatable bonds is 8. The molecule has 2 fully saturated rings. The van der Waals surface area contributed by atoms with Crippen LogP contribution in [0, 0.1) is 17.8 Å². The van der Waals surface area contributed by atoms with Crippen LogP contribution < -0.4 is 0 Å². The fourth-order valence-corrected chi connectivity index (χ4v) is 5.63. The van der Waals surface area contributed by atoms with Gasteiger partial charge in [-0.2, -0.15) is 0 Å². The highest BCUT2D eigenvalue weighted by Gasteiger charge is 2.31. The zero-order chi connectivity index (χ0) is 18.2. The van der Waals surface area contributed by atoms with Gasteiger partial charge >= 0.3 is 0 Å². The Morgan fingerprint density at radius 1 is 0.808 bits per heavy atom. The lowest BCUT2D eigenvalue weighted by Crippen LogP contribution is -2.25. The Kier molecular flexibility index (Phi) is 8.02. The van der Waals surface area contributed by atoms with Crippen LogP contribution in [-0.2, 0) is 6.42 Å². The van der Waals surface area contributed by atoms with Gasteiger partial charge in [-0.3, -0.25) is 4.98 Å². The minimum Gasteiger partial charge on any atom is -0.261 e. The molecule has 0 N–H and O–H groups in total. The number of unbranched alkanes of at least 4 members (excludes halogenated alkanes) is 2. The highest BCUT2D eigenvalue weighted by atomic mass is 14.7. The Morgan fingerprint density at radius 3 is 2.08 bits per heavy atom. The van der Waals surface area contributed by atoms with Gasteiger partial charge in [0, 0.05) is 17.8 Å². The molecule has 2 aliphatic rings. The zero-order valence-corrected chi connectivity index (χ0v) is 17.4. The van der Waals surface area contributed by atoms with Crippen molar-refractivity contribution >= 4 is 0 Å². The number of nitrogens with zero attached hydrogens (tertiary/aromatic N) is 1. The Balaban J connectivity index is 1.40. The molecule has 0 amide bonds. The first-order chi connectivity index (χ1) is 12.8. The second kappa shape index (κ2) is 10.5. The molecular formula is C25H41N. The molecule has 0 saturated heterocycles. The molecule has 1 aromatic heterocycles. The molecule has 2 aliphatic carbocycles. The van der Waals surface area contributed by atoms with E-state index in [-0.39, 0.29) is 0 Å². The van der Waals surface area contributed by atoms with Crippen LogP contribution in [0.15, 0.2) is 18.3 Å². The van der Waals surface area contributed by atoms with Crippen molar-refractivity contribution in [2.75, 3.05) is 0 Å². The quantitative estimate of drug-likeness (QED) is 0.435. The standard InChI is InChI=1S/C25H41N/c1-3-5-6-8-20-9-12-22(13-10-20)23-14-16-24(17-15-23)25-18-11-21(7-4-2)19-26-25/h11,18-20,22-24H,3-10,12-17H2,1-2H3/t20-,22-,23-,24-. The maximum Gasteiger partial charge on any atom is 0.0434 e. The third-order valence-electron chi connectivity index (χ3n) is 7.35. The van der Waals surface area contributed by atoms with Gasteiger partial charge in [-0.05, 0) is 74.3 Å². The Labute approximate surface area is 162 Å². The summed E-state index contributed by atoms with van der Waals surface area (Å²) in [6.07, 6.45) is 22.1. The molecule has 0 unspecified atom stereocenters. The summed E-state index contributed by atoms with van der Waals surface area (Å²) >= 11 is 0. The molecular weight excluding hydrogens is 314 g/mol. The van der Waals surface area contributed by atoms with E-state index >= 15 is 0 Å². The van der Waals surface area contributed by atoms with Crippen LogP contribution in [0.4, 0.5) is 0 Å². The van der Waals surface area contributed by atoms with Gasteiger partial charge in [0.25, 0.3) is 0 Å². The number of aryl methyl sites for hydroxylation is 1. The predicted octanol–water partition coefficient (Wildman–Crippen LogP) is 7.69. The maximum atomic E-state index is 4.80. The molecule has 3 rings (SSSR count). The van der Waals surface area contributed by atoms with Crippen molar-refractivity contribution in [3.8, 4) is 0 Å². The van der Waals surface area contributed by atoms with Crippen molar-refractivity contribution in [1.82, 2.24) is 4.98 Å². The second-order valence-corrected chi connectivity index (χ2v) is 9.23. The second-order valence-electron chi connectivity index (χ2n) is 9.23. The van der Waals surface area contributed by atoms with Crippen LogP contribution in [0.1, 0.15) is 114 Å². The first-order valence-corrected chi connectivity index (χ1v) is 11.7. The van der Waals surface area contributed by atoms with Crippen molar-refractivity contribution in [2.24, 2.45) is 17.8 Å². The molecule has 0 aromatic carbocycles. The molecule has 0 aliphatic heterocycles. The lowest BCUT2D eigenvalue weighted by Gasteiger charge is -2.38. The van der Waals surface area contributed by atoms with E-state index in [2.05, 4.69) is 32.2 Å². The topological polar surface area (TPSA) is 12.9 Å². The fourth-order valence-electron chi connectivity index (χ4n) is 5.63. The van der Waals surface area contributed by atoms with Gasteiger partial charge < -0.3 is 0 Å². The Bertz CT molecular complexity index is 489. The summed E-state index contributed by atoms with van der Waals surface area (Å²) < 4.78 is 0. The molecule has 146 valence electrons. The monoisotopic (exact) mass is 355 g/mol. The Hall–Kier alpha value is -0.850. The minimum absolute atomic E-state index is 0.729. The average molecular weight is 356 g/mol. The minimum atomic E-state index is 0.729. The van der Waals surface area contributed by atoms with Gasteiger partial charge in [0.05, 0.1) is 0 Å². The predicted molar refractivity (Wildman–Crippen MR) is 113 cm³/mol. The molecule has 0 bridgehead atoms. The van der Waals surface area contributed by atoms with Crippen LogP contribution in [0.2, 0.25) is 0 Å². The third kappa shape index (κ3) is 5.57. The van der Waals surface area contributed by atoms with Gasteiger partial charge in [-0.15, -0.1) is 0 Å². The van der Waals surface area contributed by atoms with Crippen LogP contribution in [0.25, 0.3) is 0 Å². The van der Waals surface area contributed by atoms with Crippen molar-refractivity contribution in [1.29, 1.82) is 0 Å². The molecule has 2 saturated carbocycles. The van der Waals surface area contributed by atoms with Gasteiger partial charge in [0.1, 0.15) is 0 Å². The average Bonchev–Trinajstić information content (AvgIpc) is 2.70. The molecule has 1 heterocycles. The Morgan fingerprint density at radius 2 is 1.50 bits per heavy atom. The van der Waals surface area contributed by atoms with E-state index in [1.54, 1.807) is 0 Å². The van der Waals surface area contributed by atoms with E-state index in [1.807, 2.05) is 0 Å². The normalized spacial score (nSPS) is 29.6. The summed E-state index contributed by atoms with van der Waals surface area (Å²) in [5, 5.41) is 0. The van der Waals surface area contributed by atoms with Crippen molar-refractivity contribution in [3.05, 3.63) is 29.6 Å². The van der Waals surface area contributed by atoms with E-state index < -0.39 is 0 Å². The molecule has 0 atom stereocenters. The van der Waals surface area contributed by atoms with E-state index in [1.165, 1.54) is 101 Å². The molecule has 26 heavy (non-hydrogen) atoms. The van der Waals surface area contributed by atoms with E-state index in [9.17, 15) is 0 Å². The first-order valence-electron chi connectivity index (χ1n) is 11.7. The highest BCUT2D eigenvalue weighted by molar-refractivity contribution is 5.17. The van der Waals surface area contributed by atoms with Gasteiger partial charge in [-0.1, -0.05) is 64.9 Å². The smallest absolute Gasteiger partial charge is 0.0434 e. The largest absolute Gasteiger partial charge is 0.261 e. The number of hydrogen-bond donors (Lipinski definition) is 0. The molecule has 0 spiro atoms. The summed E-state index contributed by atoms with van der Waals surface area (Å²) in [6, 6.07) is 4.63. The number of aromatic nitrogens is 1. The summed E-state index contributed by atoms with van der Waals surface area (Å²) in [7, 11) is 0. The van der Waals surface area contributed by atoms with Crippen LogP contribution in [0.3, 0.4) is 0 Å². The van der Waals surface area contributed by atoms with E-state index in [4.69, 9.17) is 4.98 Å². The van der Waals surface area contributed by atoms with Crippen LogP contribution >= 0.6 is 0 Å². The summed E-state index contributed by atoms with van der Waals surface area (Å²) in [5.74, 6) is 3.84. The van der Waals surface area contributed by atoms with Crippen molar-refractivity contribution in [3.63, 3.8) is 0 Å². The summed E-state index contributed by atoms with van der Waals surface area (Å²) in [6.45, 7) is 4.57. The molecule has 1 nitrogen and oxygen atoms in total. The summed E-state index contributed by atoms with van der Waals surface area (Å²) in [5.41, 5.74) is 2.77. The van der Waals surface area contributed by atoms with Gasteiger partial charge in [-0.25, -0.2) is 0 Å². The first kappa shape index (κ1) is 19.9.